The van der Waals surface area contributed by atoms with Crippen LogP contribution in [0.15, 0.2) is 53.4 Å². The Balaban J connectivity index is 2.52. The molecule has 10 heteroatoms. The van der Waals surface area contributed by atoms with Crippen molar-refractivity contribution in [2.45, 2.75) is 24.0 Å². The summed E-state index contributed by atoms with van der Waals surface area (Å²) in [6.45, 7) is 1.67. The molecule has 0 aliphatic rings. The van der Waals surface area contributed by atoms with Crippen LogP contribution in [0.4, 0.5) is 13.2 Å². The summed E-state index contributed by atoms with van der Waals surface area (Å²) < 4.78 is 70.5. The minimum absolute atomic E-state index is 0.487. The number of nitrogens with zero attached hydrogens (tertiary/aromatic N) is 1. The Morgan fingerprint density at radius 1 is 1.12 bits per heavy atom. The highest BCUT2D eigenvalue weighted by Crippen LogP contribution is 2.38. The van der Waals surface area contributed by atoms with E-state index >= 15 is 0 Å². The zero-order valence-corrected chi connectivity index (χ0v) is 13.5. The molecule has 25 heavy (non-hydrogen) atoms. The molecule has 0 heterocycles. The Labute approximate surface area is 141 Å². The molecule has 134 valence electrons. The van der Waals surface area contributed by atoms with Crippen molar-refractivity contribution in [1.29, 1.82) is 0 Å². The highest BCUT2D eigenvalue weighted by atomic mass is 32.2. The van der Waals surface area contributed by atoms with Gasteiger partial charge in [-0.1, -0.05) is 35.9 Å². The SMILES string of the molecule is Cc1ccc(S(=O)(=O)O[C@H](c2ccccc2F)C(F)(F)[N+](=O)[O-])cc1. The molecule has 0 radical (unpaired) electrons. The lowest BCUT2D eigenvalue weighted by atomic mass is 10.1. The van der Waals surface area contributed by atoms with Crippen LogP contribution in [0.1, 0.15) is 17.2 Å². The molecule has 0 aliphatic heterocycles. The van der Waals surface area contributed by atoms with Crippen molar-refractivity contribution < 1.29 is 30.7 Å². The summed E-state index contributed by atoms with van der Waals surface area (Å²) in [6, 6.07) is 3.93. The molecule has 0 saturated carbocycles. The summed E-state index contributed by atoms with van der Waals surface area (Å²) in [5.74, 6) is -1.26. The van der Waals surface area contributed by atoms with Crippen molar-refractivity contribution in [3.63, 3.8) is 0 Å². The molecule has 1 atom stereocenters. The van der Waals surface area contributed by atoms with Crippen LogP contribution in [0.5, 0.6) is 0 Å². The third-order valence-electron chi connectivity index (χ3n) is 3.28. The van der Waals surface area contributed by atoms with Crippen molar-refractivity contribution in [2.75, 3.05) is 0 Å². The molecule has 0 amide bonds. The van der Waals surface area contributed by atoms with Crippen LogP contribution < -0.4 is 0 Å². The number of nitro groups is 1. The number of rotatable bonds is 6. The third-order valence-corrected chi connectivity index (χ3v) is 4.57. The summed E-state index contributed by atoms with van der Waals surface area (Å²) >= 11 is 0. The smallest absolute Gasteiger partial charge is 0.259 e. The molecule has 2 aromatic rings. The Morgan fingerprint density at radius 3 is 2.20 bits per heavy atom. The van der Waals surface area contributed by atoms with Gasteiger partial charge in [0.1, 0.15) is 5.82 Å². The van der Waals surface area contributed by atoms with Gasteiger partial charge in [-0.3, -0.25) is 10.1 Å². The monoisotopic (exact) mass is 375 g/mol. The summed E-state index contributed by atoms with van der Waals surface area (Å²) in [5, 5.41) is 10.7. The maximum atomic E-state index is 13.9. The molecular weight excluding hydrogens is 363 g/mol. The first kappa shape index (κ1) is 18.9. The molecule has 2 rings (SSSR count). The van der Waals surface area contributed by atoms with E-state index in [1.54, 1.807) is 6.92 Å². The van der Waals surface area contributed by atoms with Gasteiger partial charge in [-0.05, 0) is 25.1 Å². The minimum atomic E-state index is -4.88. The van der Waals surface area contributed by atoms with Gasteiger partial charge in [0.05, 0.1) is 9.82 Å². The lowest BCUT2D eigenvalue weighted by Crippen LogP contribution is -2.38. The van der Waals surface area contributed by atoms with Gasteiger partial charge in [-0.2, -0.15) is 8.42 Å². The molecule has 6 nitrogen and oxygen atoms in total. The van der Waals surface area contributed by atoms with E-state index in [2.05, 4.69) is 4.18 Å². The van der Waals surface area contributed by atoms with Crippen molar-refractivity contribution in [3.05, 3.63) is 75.6 Å². The molecule has 0 fully saturated rings. The quantitative estimate of drug-likeness (QED) is 0.334. The van der Waals surface area contributed by atoms with Gasteiger partial charge in [-0.15, -0.1) is 8.78 Å². The number of benzene rings is 2. The zero-order valence-electron chi connectivity index (χ0n) is 12.7. The van der Waals surface area contributed by atoms with E-state index in [-0.39, 0.29) is 0 Å². The summed E-state index contributed by atoms with van der Waals surface area (Å²) in [4.78, 5) is 8.17. The second-order valence-electron chi connectivity index (χ2n) is 5.11. The van der Waals surface area contributed by atoms with Crippen LogP contribution in [0, 0.1) is 22.9 Å². The Hall–Kier alpha value is -2.46. The van der Waals surface area contributed by atoms with E-state index in [1.165, 1.54) is 12.1 Å². The topological polar surface area (TPSA) is 86.5 Å². The number of hydrogen-bond donors (Lipinski definition) is 0. The fourth-order valence-corrected chi connectivity index (χ4v) is 3.02. The average molecular weight is 375 g/mol. The lowest BCUT2D eigenvalue weighted by molar-refractivity contribution is -0.657. The highest BCUT2D eigenvalue weighted by Gasteiger charge is 2.57. The Bertz CT molecular complexity index is 884. The highest BCUT2D eigenvalue weighted by molar-refractivity contribution is 7.86. The summed E-state index contributed by atoms with van der Waals surface area (Å²) in [6.07, 6.45) is -2.96. The van der Waals surface area contributed by atoms with E-state index < -0.39 is 43.5 Å². The minimum Gasteiger partial charge on any atom is -0.259 e. The summed E-state index contributed by atoms with van der Waals surface area (Å²) in [7, 11) is -4.81. The van der Waals surface area contributed by atoms with Crippen LogP contribution in [0.2, 0.25) is 0 Å². The van der Waals surface area contributed by atoms with E-state index in [0.29, 0.717) is 5.56 Å². The van der Waals surface area contributed by atoms with Gasteiger partial charge in [0.15, 0.2) is 0 Å². The number of hydrogen-bond acceptors (Lipinski definition) is 5. The lowest BCUT2D eigenvalue weighted by Gasteiger charge is -2.20. The number of halogens is 3. The van der Waals surface area contributed by atoms with Crippen LogP contribution >= 0.6 is 0 Å². The van der Waals surface area contributed by atoms with E-state index in [0.717, 1.165) is 36.4 Å². The molecule has 0 saturated heterocycles. The maximum Gasteiger partial charge on any atom is 0.543 e. The van der Waals surface area contributed by atoms with Crippen molar-refractivity contribution in [3.8, 4) is 0 Å². The van der Waals surface area contributed by atoms with Gasteiger partial charge >= 0.3 is 6.05 Å². The van der Waals surface area contributed by atoms with Gasteiger partial charge in [-0.25, -0.2) is 8.57 Å². The van der Waals surface area contributed by atoms with Crippen LogP contribution in [0.25, 0.3) is 0 Å². The molecule has 0 N–H and O–H groups in total. The van der Waals surface area contributed by atoms with E-state index in [9.17, 15) is 31.7 Å². The molecule has 2 aromatic carbocycles. The molecular formula is C15H12F3NO5S. The van der Waals surface area contributed by atoms with E-state index in [4.69, 9.17) is 0 Å². The first-order chi connectivity index (χ1) is 11.6. The predicted molar refractivity (Wildman–Crippen MR) is 80.5 cm³/mol. The third kappa shape index (κ3) is 3.97. The normalized spacial score (nSPS) is 13.4. The predicted octanol–water partition coefficient (Wildman–Crippen LogP) is 3.45. The number of alkyl halides is 2. The van der Waals surface area contributed by atoms with E-state index in [1.807, 2.05) is 0 Å². The summed E-state index contributed by atoms with van der Waals surface area (Å²) in [5.41, 5.74) is -0.250. The molecule has 0 unspecified atom stereocenters. The van der Waals surface area contributed by atoms with Crippen LogP contribution in [-0.4, -0.2) is 19.4 Å². The largest absolute Gasteiger partial charge is 0.543 e. The second kappa shape index (κ2) is 6.81. The molecule has 0 aromatic heterocycles. The van der Waals surface area contributed by atoms with Crippen molar-refractivity contribution in [2.24, 2.45) is 0 Å². The Kier molecular flexibility index (Phi) is 5.14. The Morgan fingerprint density at radius 2 is 1.68 bits per heavy atom. The maximum absolute atomic E-state index is 13.9. The second-order valence-corrected chi connectivity index (χ2v) is 6.68. The van der Waals surface area contributed by atoms with Gasteiger partial charge in [0.25, 0.3) is 10.1 Å². The van der Waals surface area contributed by atoms with Crippen LogP contribution in [0.3, 0.4) is 0 Å². The zero-order chi connectivity index (χ0) is 18.8. The van der Waals surface area contributed by atoms with Crippen molar-refractivity contribution >= 4 is 10.1 Å². The first-order valence-corrected chi connectivity index (χ1v) is 8.23. The fourth-order valence-electron chi connectivity index (χ4n) is 1.97. The first-order valence-electron chi connectivity index (χ1n) is 6.82. The van der Waals surface area contributed by atoms with Crippen molar-refractivity contribution in [1.82, 2.24) is 0 Å². The van der Waals surface area contributed by atoms with Gasteiger partial charge < -0.3 is 0 Å². The van der Waals surface area contributed by atoms with Gasteiger partial charge in [0.2, 0.25) is 6.10 Å². The number of aryl methyl sites for hydroxylation is 1. The fraction of sp³-hybridized carbons (Fsp3) is 0.200. The molecule has 0 spiro atoms. The molecule has 0 aliphatic carbocycles. The van der Waals surface area contributed by atoms with Gasteiger partial charge in [0, 0.05) is 5.56 Å². The standard InChI is InChI=1S/C15H12F3NO5S/c1-10-6-8-11(9-7-10)25(22,23)24-14(15(17,18)19(20)21)12-4-2-3-5-13(12)16/h2-9,14H,1H3/t14-/m1/s1. The van der Waals surface area contributed by atoms with Crippen LogP contribution in [-0.2, 0) is 14.3 Å². The molecule has 0 bridgehead atoms. The average Bonchev–Trinajstić information content (AvgIpc) is 2.53.